The lowest BCUT2D eigenvalue weighted by molar-refractivity contribution is -0.117. The van der Waals surface area contributed by atoms with Crippen LogP contribution in [0.3, 0.4) is 0 Å². The van der Waals surface area contributed by atoms with Gasteiger partial charge in [-0.05, 0) is 42.7 Å². The molecule has 1 aliphatic rings. The van der Waals surface area contributed by atoms with Gasteiger partial charge in [-0.25, -0.2) is 18.0 Å². The number of aryl methyl sites for hydroxylation is 1. The standard InChI is InChI=1S/C21H20F2N4O2S2/c1-13-20(31(3,29)25-12-24)30-21(26-13)27(2)19(28)10-14-4-6-15(7-5-14)17-11-16(22)8-9-18(17)23/h4-6,8-9,11,15H,7,10H2,1-3H3. The van der Waals surface area contributed by atoms with Gasteiger partial charge in [0.15, 0.2) is 5.13 Å². The molecule has 2 atom stereocenters. The van der Waals surface area contributed by atoms with E-state index < -0.39 is 21.4 Å². The average molecular weight is 463 g/mol. The summed E-state index contributed by atoms with van der Waals surface area (Å²) in [6, 6.07) is 3.38. The summed E-state index contributed by atoms with van der Waals surface area (Å²) in [5, 5.41) is 9.09. The molecule has 0 N–H and O–H groups in total. The third-order valence-corrected chi connectivity index (χ3v) is 8.47. The second kappa shape index (κ2) is 9.08. The molecule has 162 valence electrons. The molecule has 31 heavy (non-hydrogen) atoms. The topological polar surface area (TPSA) is 86.4 Å². The molecule has 2 aromatic rings. The predicted octanol–water partition coefficient (Wildman–Crippen LogP) is 4.69. The number of nitrogens with zero attached hydrogens (tertiary/aromatic N) is 4. The van der Waals surface area contributed by atoms with Gasteiger partial charge < -0.3 is 0 Å². The molecule has 2 unspecified atom stereocenters. The van der Waals surface area contributed by atoms with Crippen molar-refractivity contribution >= 4 is 32.1 Å². The lowest BCUT2D eigenvalue weighted by Gasteiger charge is -2.19. The van der Waals surface area contributed by atoms with Crippen molar-refractivity contribution in [2.75, 3.05) is 18.2 Å². The van der Waals surface area contributed by atoms with E-state index in [4.69, 9.17) is 5.26 Å². The lowest BCUT2D eigenvalue weighted by atomic mass is 9.89. The van der Waals surface area contributed by atoms with Crippen LogP contribution in [-0.4, -0.2) is 28.4 Å². The zero-order valence-electron chi connectivity index (χ0n) is 17.1. The van der Waals surface area contributed by atoms with Gasteiger partial charge in [0, 0.05) is 19.2 Å². The summed E-state index contributed by atoms with van der Waals surface area (Å²) >= 11 is 1.06. The molecule has 0 saturated carbocycles. The van der Waals surface area contributed by atoms with Crippen LogP contribution >= 0.6 is 11.3 Å². The maximum Gasteiger partial charge on any atom is 0.232 e. The molecule has 6 nitrogen and oxygen atoms in total. The summed E-state index contributed by atoms with van der Waals surface area (Å²) in [7, 11) is -1.32. The molecule has 1 heterocycles. The van der Waals surface area contributed by atoms with Gasteiger partial charge in [0.25, 0.3) is 0 Å². The SMILES string of the molecule is Cc1nc(N(C)C(=O)CC2=CCC(c3cc(F)ccc3F)C=C2)sc1S(C)(=O)=NC#N. The van der Waals surface area contributed by atoms with E-state index in [1.165, 1.54) is 17.2 Å². The first-order valence-electron chi connectivity index (χ1n) is 9.29. The number of anilines is 1. The van der Waals surface area contributed by atoms with Crippen molar-refractivity contribution in [3.8, 4) is 6.19 Å². The summed E-state index contributed by atoms with van der Waals surface area (Å²) in [6.07, 6.45) is 8.82. The second-order valence-electron chi connectivity index (χ2n) is 7.14. The third-order valence-electron chi connectivity index (χ3n) is 4.85. The summed E-state index contributed by atoms with van der Waals surface area (Å²) in [6.45, 7) is 1.65. The Labute approximate surface area is 183 Å². The third kappa shape index (κ3) is 5.06. The summed E-state index contributed by atoms with van der Waals surface area (Å²) in [5.74, 6) is -1.48. The Hall–Kier alpha value is -2.90. The molecular weight excluding hydrogens is 442 g/mol. The number of hydrogen-bond donors (Lipinski definition) is 0. The first-order chi connectivity index (χ1) is 14.6. The van der Waals surface area contributed by atoms with Crippen LogP contribution in [0.1, 0.15) is 30.0 Å². The zero-order valence-corrected chi connectivity index (χ0v) is 18.8. The number of carbonyl (C=O) groups excluding carboxylic acids is 1. The van der Waals surface area contributed by atoms with E-state index in [1.807, 2.05) is 6.08 Å². The van der Waals surface area contributed by atoms with Crippen LogP contribution in [0.2, 0.25) is 0 Å². The molecule has 1 aromatic carbocycles. The highest BCUT2D eigenvalue weighted by atomic mass is 32.2. The van der Waals surface area contributed by atoms with Gasteiger partial charge >= 0.3 is 0 Å². The van der Waals surface area contributed by atoms with Crippen LogP contribution in [0.4, 0.5) is 13.9 Å². The number of aromatic nitrogens is 1. The highest BCUT2D eigenvalue weighted by Crippen LogP contribution is 2.32. The fourth-order valence-electron chi connectivity index (χ4n) is 3.21. The van der Waals surface area contributed by atoms with Crippen LogP contribution in [0.15, 0.2) is 50.6 Å². The smallest absolute Gasteiger partial charge is 0.232 e. The van der Waals surface area contributed by atoms with E-state index in [9.17, 15) is 17.8 Å². The molecule has 1 aliphatic carbocycles. The molecule has 0 fully saturated rings. The molecular formula is C21H20F2N4O2S2. The predicted molar refractivity (Wildman–Crippen MR) is 116 cm³/mol. The highest BCUT2D eigenvalue weighted by Gasteiger charge is 2.22. The molecule has 0 spiro atoms. The maximum atomic E-state index is 14.0. The van der Waals surface area contributed by atoms with Gasteiger partial charge in [0.2, 0.25) is 12.1 Å². The van der Waals surface area contributed by atoms with Crippen molar-refractivity contribution in [2.24, 2.45) is 4.36 Å². The Bertz CT molecular complexity index is 1250. The van der Waals surface area contributed by atoms with Crippen LogP contribution in [0.5, 0.6) is 0 Å². The van der Waals surface area contributed by atoms with Gasteiger partial charge in [-0.15, -0.1) is 4.36 Å². The van der Waals surface area contributed by atoms with Gasteiger partial charge in [-0.2, -0.15) is 5.26 Å². The minimum absolute atomic E-state index is 0.101. The molecule has 1 amide bonds. The van der Waals surface area contributed by atoms with E-state index in [-0.39, 0.29) is 23.8 Å². The number of halogens is 2. The number of benzene rings is 1. The van der Waals surface area contributed by atoms with Crippen LogP contribution in [-0.2, 0) is 14.5 Å². The highest BCUT2D eigenvalue weighted by molar-refractivity contribution is 7.95. The average Bonchev–Trinajstić information content (AvgIpc) is 3.12. The molecule has 3 rings (SSSR count). The minimum atomic E-state index is -2.89. The largest absolute Gasteiger partial charge is 0.291 e. The van der Waals surface area contributed by atoms with Crippen molar-refractivity contribution < 1.29 is 17.8 Å². The van der Waals surface area contributed by atoms with Gasteiger partial charge in [0.05, 0.1) is 21.8 Å². The quantitative estimate of drug-likeness (QED) is 0.603. The summed E-state index contributed by atoms with van der Waals surface area (Å²) < 4.78 is 43.8. The number of nitriles is 1. The monoisotopic (exact) mass is 462 g/mol. The fraction of sp³-hybridized carbons (Fsp3) is 0.286. The number of thiazole rings is 1. The van der Waals surface area contributed by atoms with E-state index in [0.717, 1.165) is 29.0 Å². The Morgan fingerprint density at radius 1 is 1.45 bits per heavy atom. The second-order valence-corrected chi connectivity index (χ2v) is 10.6. The molecule has 1 aromatic heterocycles. The molecule has 0 radical (unpaired) electrons. The van der Waals surface area contributed by atoms with Crippen molar-refractivity contribution in [3.05, 3.63) is 64.9 Å². The van der Waals surface area contributed by atoms with E-state index in [1.54, 1.807) is 32.3 Å². The van der Waals surface area contributed by atoms with Crippen molar-refractivity contribution in [1.29, 1.82) is 5.26 Å². The molecule has 0 aliphatic heterocycles. The van der Waals surface area contributed by atoms with E-state index >= 15 is 0 Å². The Morgan fingerprint density at radius 2 is 2.19 bits per heavy atom. The number of hydrogen-bond acceptors (Lipinski definition) is 6. The first-order valence-corrected chi connectivity index (χ1v) is 12.0. The van der Waals surface area contributed by atoms with Gasteiger partial charge in [0.1, 0.15) is 15.8 Å². The number of carbonyl (C=O) groups is 1. The Kier molecular flexibility index (Phi) is 6.67. The Morgan fingerprint density at radius 3 is 2.84 bits per heavy atom. The van der Waals surface area contributed by atoms with Crippen LogP contribution in [0.25, 0.3) is 0 Å². The summed E-state index contributed by atoms with van der Waals surface area (Å²) in [4.78, 5) is 18.4. The number of allylic oxidation sites excluding steroid dienone is 3. The first kappa shape index (κ1) is 22.8. The van der Waals surface area contributed by atoms with Crippen LogP contribution in [0, 0.1) is 30.0 Å². The molecule has 0 saturated heterocycles. The molecule has 10 heteroatoms. The molecule has 0 bridgehead atoms. The number of rotatable bonds is 5. The maximum absolute atomic E-state index is 14.0. The van der Waals surface area contributed by atoms with Gasteiger partial charge in [-0.1, -0.05) is 29.6 Å². The Balaban J connectivity index is 1.70. The normalized spacial score (nSPS) is 17.4. The minimum Gasteiger partial charge on any atom is -0.291 e. The lowest BCUT2D eigenvalue weighted by Crippen LogP contribution is -2.26. The van der Waals surface area contributed by atoms with Crippen molar-refractivity contribution in [2.45, 2.75) is 29.9 Å². The fourth-order valence-corrected chi connectivity index (χ4v) is 5.77. The zero-order chi connectivity index (χ0) is 22.8. The number of amides is 1. The van der Waals surface area contributed by atoms with E-state index in [2.05, 4.69) is 9.35 Å². The van der Waals surface area contributed by atoms with Gasteiger partial charge in [-0.3, -0.25) is 9.69 Å². The van der Waals surface area contributed by atoms with Crippen molar-refractivity contribution in [1.82, 2.24) is 4.98 Å². The van der Waals surface area contributed by atoms with E-state index in [0.29, 0.717) is 21.5 Å². The summed E-state index contributed by atoms with van der Waals surface area (Å²) in [5.41, 5.74) is 1.51. The van der Waals surface area contributed by atoms with Crippen LogP contribution < -0.4 is 4.90 Å². The van der Waals surface area contributed by atoms with Crippen molar-refractivity contribution in [3.63, 3.8) is 0 Å².